The highest BCUT2D eigenvalue weighted by atomic mass is 16.7. The number of aromatic nitrogens is 2. The second-order valence-electron chi connectivity index (χ2n) is 5.61. The summed E-state index contributed by atoms with van der Waals surface area (Å²) in [6, 6.07) is 5.30. The van der Waals surface area contributed by atoms with E-state index >= 15 is 0 Å². The Bertz CT molecular complexity index is 997. The first-order chi connectivity index (χ1) is 12.8. The van der Waals surface area contributed by atoms with Gasteiger partial charge in [0.15, 0.2) is 29.6 Å². The lowest BCUT2D eigenvalue weighted by atomic mass is 10.1. The van der Waals surface area contributed by atoms with Gasteiger partial charge >= 0.3 is 5.97 Å². The van der Waals surface area contributed by atoms with Gasteiger partial charge in [-0.3, -0.25) is 14.4 Å². The molecular weight excluding hydrogens is 358 g/mol. The zero-order valence-corrected chi connectivity index (χ0v) is 14.5. The van der Waals surface area contributed by atoms with Gasteiger partial charge in [0.05, 0.1) is 5.69 Å². The summed E-state index contributed by atoms with van der Waals surface area (Å²) in [5.41, 5.74) is -0.0482. The second-order valence-corrected chi connectivity index (χ2v) is 5.61. The summed E-state index contributed by atoms with van der Waals surface area (Å²) in [6.45, 7) is 0.766. The van der Waals surface area contributed by atoms with Crippen molar-refractivity contribution in [2.24, 2.45) is 7.05 Å². The molecule has 10 heteroatoms. The third kappa shape index (κ3) is 3.94. The van der Waals surface area contributed by atoms with E-state index in [0.29, 0.717) is 11.5 Å². The molecule has 1 aromatic heterocycles. The van der Waals surface area contributed by atoms with Crippen molar-refractivity contribution in [3.05, 3.63) is 45.9 Å². The van der Waals surface area contributed by atoms with Gasteiger partial charge in [0.2, 0.25) is 6.79 Å². The van der Waals surface area contributed by atoms with Crippen LogP contribution in [0.4, 0.5) is 5.69 Å². The summed E-state index contributed by atoms with van der Waals surface area (Å²) < 4.78 is 16.3. The number of ketones is 1. The standard InChI is InChI=1S/C17H15N3O7/c1-9(21)10-5-13-14(27-8-26-13)6-12(10)18-15(22)7-25-17(24)11-3-4-16(23)20(2)19-11/h3-6H,7-8H2,1-2H3,(H,18,22). The van der Waals surface area contributed by atoms with Gasteiger partial charge in [0.1, 0.15) is 0 Å². The Hall–Kier alpha value is -3.69. The van der Waals surface area contributed by atoms with Crippen LogP contribution in [0.3, 0.4) is 0 Å². The first-order valence-corrected chi connectivity index (χ1v) is 7.81. The van der Waals surface area contributed by atoms with E-state index in [0.717, 1.165) is 10.7 Å². The molecule has 1 aliphatic heterocycles. The van der Waals surface area contributed by atoms with E-state index in [9.17, 15) is 19.2 Å². The summed E-state index contributed by atoms with van der Waals surface area (Å²) in [5, 5.41) is 6.23. The summed E-state index contributed by atoms with van der Waals surface area (Å²) >= 11 is 0. The molecule has 2 aromatic rings. The number of anilines is 1. The molecule has 0 fully saturated rings. The number of nitrogens with one attached hydrogen (secondary N) is 1. The molecule has 0 radical (unpaired) electrons. The molecule has 0 saturated carbocycles. The van der Waals surface area contributed by atoms with Gasteiger partial charge < -0.3 is 19.5 Å². The Morgan fingerprint density at radius 1 is 1.22 bits per heavy atom. The maximum Gasteiger partial charge on any atom is 0.359 e. The van der Waals surface area contributed by atoms with Gasteiger partial charge in [-0.2, -0.15) is 5.10 Å². The van der Waals surface area contributed by atoms with Gasteiger partial charge in [-0.05, 0) is 19.1 Å². The van der Waals surface area contributed by atoms with Crippen molar-refractivity contribution in [3.63, 3.8) is 0 Å². The fourth-order valence-electron chi connectivity index (χ4n) is 2.34. The van der Waals surface area contributed by atoms with Gasteiger partial charge in [-0.15, -0.1) is 0 Å². The number of amides is 1. The first kappa shape index (κ1) is 18.1. The highest BCUT2D eigenvalue weighted by Crippen LogP contribution is 2.37. The number of nitrogens with zero attached hydrogens (tertiary/aromatic N) is 2. The minimum atomic E-state index is -0.863. The van der Waals surface area contributed by atoms with Crippen LogP contribution in [0.15, 0.2) is 29.1 Å². The Morgan fingerprint density at radius 2 is 1.93 bits per heavy atom. The molecule has 0 unspecified atom stereocenters. The molecule has 27 heavy (non-hydrogen) atoms. The largest absolute Gasteiger partial charge is 0.454 e. The molecule has 0 atom stereocenters. The van der Waals surface area contributed by atoms with E-state index < -0.39 is 18.5 Å². The number of rotatable bonds is 5. The minimum absolute atomic E-state index is 0.0221. The summed E-state index contributed by atoms with van der Waals surface area (Å²) in [7, 11) is 1.38. The van der Waals surface area contributed by atoms with E-state index in [1.165, 1.54) is 32.2 Å². The lowest BCUT2D eigenvalue weighted by Crippen LogP contribution is -2.25. The smallest absolute Gasteiger partial charge is 0.359 e. The predicted octanol–water partition coefficient (Wildman–Crippen LogP) is 0.507. The lowest BCUT2D eigenvalue weighted by molar-refractivity contribution is -0.119. The van der Waals surface area contributed by atoms with Crippen LogP contribution in [-0.2, 0) is 16.6 Å². The average molecular weight is 373 g/mol. The lowest BCUT2D eigenvalue weighted by Gasteiger charge is -2.11. The Morgan fingerprint density at radius 3 is 2.59 bits per heavy atom. The molecule has 140 valence electrons. The van der Waals surface area contributed by atoms with Crippen LogP contribution in [0.1, 0.15) is 27.8 Å². The monoisotopic (exact) mass is 373 g/mol. The van der Waals surface area contributed by atoms with Crippen LogP contribution < -0.4 is 20.3 Å². The number of esters is 1. The van der Waals surface area contributed by atoms with Gasteiger partial charge in [0.25, 0.3) is 11.5 Å². The van der Waals surface area contributed by atoms with Crippen molar-refractivity contribution >= 4 is 23.3 Å². The molecule has 2 heterocycles. The van der Waals surface area contributed by atoms with Crippen molar-refractivity contribution in [1.82, 2.24) is 9.78 Å². The number of ether oxygens (including phenoxy) is 3. The molecule has 0 spiro atoms. The fraction of sp³-hybridized carbons (Fsp3) is 0.235. The number of hydrogen-bond acceptors (Lipinski definition) is 8. The number of carbonyl (C=O) groups is 3. The summed E-state index contributed by atoms with van der Waals surface area (Å²) in [5.74, 6) is -1.00. The summed E-state index contributed by atoms with van der Waals surface area (Å²) in [6.07, 6.45) is 0. The molecular formula is C17H15N3O7. The number of aryl methyl sites for hydroxylation is 1. The van der Waals surface area contributed by atoms with Gasteiger partial charge in [-0.25, -0.2) is 9.48 Å². The second kappa shape index (κ2) is 7.28. The van der Waals surface area contributed by atoms with E-state index in [-0.39, 0.29) is 35.1 Å². The average Bonchev–Trinajstić information content (AvgIpc) is 3.08. The third-order valence-electron chi connectivity index (χ3n) is 3.67. The molecule has 1 amide bonds. The molecule has 10 nitrogen and oxygen atoms in total. The molecule has 3 rings (SSSR count). The highest BCUT2D eigenvalue weighted by Gasteiger charge is 2.21. The Balaban J connectivity index is 1.67. The minimum Gasteiger partial charge on any atom is -0.454 e. The quantitative estimate of drug-likeness (QED) is 0.593. The zero-order valence-electron chi connectivity index (χ0n) is 14.5. The van der Waals surface area contributed by atoms with Crippen molar-refractivity contribution in [3.8, 4) is 11.5 Å². The zero-order chi connectivity index (χ0) is 19.6. The van der Waals surface area contributed by atoms with Crippen LogP contribution in [0, 0.1) is 0 Å². The third-order valence-corrected chi connectivity index (χ3v) is 3.67. The van der Waals surface area contributed by atoms with Crippen molar-refractivity contribution < 1.29 is 28.6 Å². The normalized spacial score (nSPS) is 11.8. The first-order valence-electron chi connectivity index (χ1n) is 7.81. The number of benzene rings is 1. The Kier molecular flexibility index (Phi) is 4.88. The molecule has 1 aromatic carbocycles. The van der Waals surface area contributed by atoms with Gasteiger partial charge in [-0.1, -0.05) is 0 Å². The predicted molar refractivity (Wildman–Crippen MR) is 91.0 cm³/mol. The molecule has 1 aliphatic rings. The van der Waals surface area contributed by atoms with Crippen molar-refractivity contribution in [1.29, 1.82) is 0 Å². The van der Waals surface area contributed by atoms with E-state index in [4.69, 9.17) is 14.2 Å². The Labute approximate surface area is 152 Å². The van der Waals surface area contributed by atoms with E-state index in [2.05, 4.69) is 10.4 Å². The van der Waals surface area contributed by atoms with Crippen LogP contribution in [-0.4, -0.2) is 40.8 Å². The van der Waals surface area contributed by atoms with Gasteiger partial charge in [0, 0.05) is 24.7 Å². The molecule has 0 saturated heterocycles. The van der Waals surface area contributed by atoms with E-state index in [1.54, 1.807) is 0 Å². The molecule has 0 aliphatic carbocycles. The van der Waals surface area contributed by atoms with Crippen LogP contribution in [0.25, 0.3) is 0 Å². The van der Waals surface area contributed by atoms with E-state index in [1.807, 2.05) is 0 Å². The number of hydrogen-bond donors (Lipinski definition) is 1. The highest BCUT2D eigenvalue weighted by molar-refractivity contribution is 6.05. The maximum absolute atomic E-state index is 12.1. The molecule has 0 bridgehead atoms. The van der Waals surface area contributed by atoms with Crippen molar-refractivity contribution in [2.75, 3.05) is 18.7 Å². The SMILES string of the molecule is CC(=O)c1cc2c(cc1NC(=O)COC(=O)c1ccc(=O)n(C)n1)OCO2. The van der Waals surface area contributed by atoms with Crippen molar-refractivity contribution in [2.45, 2.75) is 6.92 Å². The molecule has 1 N–H and O–H groups in total. The number of Topliss-reactive ketones (excluding diaryl/α,β-unsaturated/α-hetero) is 1. The number of fused-ring (bicyclic) bond motifs is 1. The number of carbonyl (C=O) groups excluding carboxylic acids is 3. The topological polar surface area (TPSA) is 126 Å². The van der Waals surface area contributed by atoms with Crippen LogP contribution >= 0.6 is 0 Å². The van der Waals surface area contributed by atoms with Crippen LogP contribution in [0.2, 0.25) is 0 Å². The fourth-order valence-corrected chi connectivity index (χ4v) is 2.34. The maximum atomic E-state index is 12.1. The summed E-state index contributed by atoms with van der Waals surface area (Å²) in [4.78, 5) is 47.1. The van der Waals surface area contributed by atoms with Crippen LogP contribution in [0.5, 0.6) is 11.5 Å².